The zero-order valence-electron chi connectivity index (χ0n) is 11.5. The summed E-state index contributed by atoms with van der Waals surface area (Å²) in [6, 6.07) is 8.84. The van der Waals surface area contributed by atoms with Crippen molar-refractivity contribution in [3.63, 3.8) is 0 Å². The molecule has 1 aromatic rings. The largest absolute Gasteiger partial charge is 0.350 e. The van der Waals surface area contributed by atoms with Crippen LogP contribution in [0.1, 0.15) is 25.3 Å². The number of benzene rings is 1. The van der Waals surface area contributed by atoms with Gasteiger partial charge in [0.1, 0.15) is 6.04 Å². The molecule has 1 heterocycles. The van der Waals surface area contributed by atoms with E-state index in [0.717, 1.165) is 5.56 Å². The Morgan fingerprint density at radius 2 is 2.00 bits per heavy atom. The van der Waals surface area contributed by atoms with Crippen LogP contribution in [0.4, 0.5) is 0 Å². The summed E-state index contributed by atoms with van der Waals surface area (Å²) in [7, 11) is 0. The lowest BCUT2D eigenvalue weighted by molar-refractivity contribution is -0.143. The third-order valence-electron chi connectivity index (χ3n) is 3.39. The van der Waals surface area contributed by atoms with Crippen LogP contribution in [-0.2, 0) is 20.9 Å². The second-order valence-corrected chi connectivity index (χ2v) is 4.79. The molecule has 0 saturated carbocycles. The van der Waals surface area contributed by atoms with Gasteiger partial charge in [-0.1, -0.05) is 30.3 Å². The lowest BCUT2D eigenvalue weighted by Gasteiger charge is -2.23. The average molecular weight is 274 g/mol. The summed E-state index contributed by atoms with van der Waals surface area (Å²) in [5.74, 6) is -1.20. The molecular formula is C15H18N2O3. The van der Waals surface area contributed by atoms with Crippen LogP contribution >= 0.6 is 0 Å². The third kappa shape index (κ3) is 3.04. The molecule has 0 radical (unpaired) electrons. The number of carbonyl (C=O) groups excluding carboxylic acids is 3. The molecule has 0 spiro atoms. The van der Waals surface area contributed by atoms with Crippen LogP contribution in [0.25, 0.3) is 0 Å². The van der Waals surface area contributed by atoms with Gasteiger partial charge in [-0.15, -0.1) is 0 Å². The first-order chi connectivity index (χ1) is 9.63. The normalized spacial score (nSPS) is 18.1. The third-order valence-corrected chi connectivity index (χ3v) is 3.39. The minimum absolute atomic E-state index is 0.0727. The number of nitrogens with zero attached hydrogens (tertiary/aromatic N) is 1. The van der Waals surface area contributed by atoms with Gasteiger partial charge < -0.3 is 10.2 Å². The molecule has 0 unspecified atom stereocenters. The number of likely N-dealkylation sites (N-methyl/N-ethyl adjacent to an activating group) is 1. The first-order valence-corrected chi connectivity index (χ1v) is 6.79. The van der Waals surface area contributed by atoms with Crippen molar-refractivity contribution < 1.29 is 14.4 Å². The number of rotatable bonds is 5. The molecule has 1 saturated heterocycles. The van der Waals surface area contributed by atoms with Gasteiger partial charge in [0.15, 0.2) is 0 Å². The van der Waals surface area contributed by atoms with E-state index < -0.39 is 17.7 Å². The average Bonchev–Trinajstić information content (AvgIpc) is 2.81. The first-order valence-electron chi connectivity index (χ1n) is 6.79. The van der Waals surface area contributed by atoms with Crippen LogP contribution in [-0.4, -0.2) is 35.1 Å². The van der Waals surface area contributed by atoms with E-state index in [0.29, 0.717) is 25.9 Å². The topological polar surface area (TPSA) is 66.5 Å². The maximum absolute atomic E-state index is 12.1. The summed E-state index contributed by atoms with van der Waals surface area (Å²) in [4.78, 5) is 37.1. The van der Waals surface area contributed by atoms with E-state index in [1.807, 2.05) is 30.3 Å². The predicted octanol–water partition coefficient (Wildman–Crippen LogP) is 0.883. The van der Waals surface area contributed by atoms with Crippen molar-refractivity contribution in [1.29, 1.82) is 0 Å². The van der Waals surface area contributed by atoms with E-state index in [1.54, 1.807) is 6.92 Å². The zero-order chi connectivity index (χ0) is 14.5. The van der Waals surface area contributed by atoms with Crippen molar-refractivity contribution in [1.82, 2.24) is 10.2 Å². The molecule has 0 aromatic heterocycles. The summed E-state index contributed by atoms with van der Waals surface area (Å²) in [5.41, 5.74) is 0.955. The molecule has 1 atom stereocenters. The van der Waals surface area contributed by atoms with Gasteiger partial charge in [0.2, 0.25) is 11.7 Å². The molecule has 1 aliphatic heterocycles. The molecule has 1 N–H and O–H groups in total. The molecule has 0 aliphatic carbocycles. The number of hydrogen-bond acceptors (Lipinski definition) is 3. The second-order valence-electron chi connectivity index (χ2n) is 4.79. The molecule has 1 fully saturated rings. The van der Waals surface area contributed by atoms with Gasteiger partial charge in [0.05, 0.1) is 0 Å². The molecule has 2 amide bonds. The lowest BCUT2D eigenvalue weighted by atomic mass is 10.1. The molecular weight excluding hydrogens is 256 g/mol. The Hall–Kier alpha value is -2.17. The molecule has 1 aliphatic rings. The Labute approximate surface area is 118 Å². The summed E-state index contributed by atoms with van der Waals surface area (Å²) >= 11 is 0. The second kappa shape index (κ2) is 6.32. The molecule has 0 bridgehead atoms. The van der Waals surface area contributed by atoms with Crippen molar-refractivity contribution in [3.05, 3.63) is 35.9 Å². The number of amides is 2. The van der Waals surface area contributed by atoms with E-state index >= 15 is 0 Å². The maximum Gasteiger partial charge on any atom is 0.289 e. The number of Topliss-reactive ketones (excluding diaryl/α,β-unsaturated/α-hetero) is 1. The number of hydrogen-bond donors (Lipinski definition) is 1. The standard InChI is InChI=1S/C15H18N2O3/c1-2-16-15(20)14(19)12-8-9-13(18)17(12)10-11-6-4-3-5-7-11/h3-7,12H,2,8-10H2,1H3,(H,16,20)/t12-/m1/s1. The van der Waals surface area contributed by atoms with E-state index in [1.165, 1.54) is 4.90 Å². The first kappa shape index (κ1) is 14.2. The Bertz CT molecular complexity index is 513. The fourth-order valence-electron chi connectivity index (χ4n) is 2.38. The summed E-state index contributed by atoms with van der Waals surface area (Å²) in [6.07, 6.45) is 0.740. The number of likely N-dealkylation sites (tertiary alicyclic amines) is 1. The molecule has 106 valence electrons. The van der Waals surface area contributed by atoms with Crippen LogP contribution in [0, 0.1) is 0 Å². The highest BCUT2D eigenvalue weighted by Gasteiger charge is 2.38. The Kier molecular flexibility index (Phi) is 4.50. The van der Waals surface area contributed by atoms with E-state index in [9.17, 15) is 14.4 Å². The maximum atomic E-state index is 12.1. The number of nitrogens with one attached hydrogen (secondary N) is 1. The summed E-state index contributed by atoms with van der Waals surface area (Å²) in [6.45, 7) is 2.53. The van der Waals surface area contributed by atoms with E-state index in [4.69, 9.17) is 0 Å². The Balaban J connectivity index is 2.11. The molecule has 2 rings (SSSR count). The van der Waals surface area contributed by atoms with Gasteiger partial charge in [-0.3, -0.25) is 14.4 Å². The molecule has 5 heteroatoms. The Morgan fingerprint density at radius 1 is 1.30 bits per heavy atom. The van der Waals surface area contributed by atoms with Crippen molar-refractivity contribution in [2.24, 2.45) is 0 Å². The quantitative estimate of drug-likeness (QED) is 0.811. The molecule has 1 aromatic carbocycles. The predicted molar refractivity (Wildman–Crippen MR) is 73.7 cm³/mol. The lowest BCUT2D eigenvalue weighted by Crippen LogP contribution is -2.45. The number of ketones is 1. The van der Waals surface area contributed by atoms with Crippen LogP contribution in [0.5, 0.6) is 0 Å². The fourth-order valence-corrected chi connectivity index (χ4v) is 2.38. The molecule has 5 nitrogen and oxygen atoms in total. The number of carbonyl (C=O) groups is 3. The zero-order valence-corrected chi connectivity index (χ0v) is 11.5. The van der Waals surface area contributed by atoms with Crippen molar-refractivity contribution >= 4 is 17.6 Å². The van der Waals surface area contributed by atoms with Crippen LogP contribution in [0.2, 0.25) is 0 Å². The van der Waals surface area contributed by atoms with Crippen LogP contribution in [0.3, 0.4) is 0 Å². The highest BCUT2D eigenvalue weighted by molar-refractivity contribution is 6.38. The smallest absolute Gasteiger partial charge is 0.289 e. The van der Waals surface area contributed by atoms with E-state index in [2.05, 4.69) is 5.32 Å². The van der Waals surface area contributed by atoms with Gasteiger partial charge in [-0.2, -0.15) is 0 Å². The van der Waals surface area contributed by atoms with Gasteiger partial charge in [0, 0.05) is 19.5 Å². The monoisotopic (exact) mass is 274 g/mol. The van der Waals surface area contributed by atoms with Gasteiger partial charge in [-0.25, -0.2) is 0 Å². The Morgan fingerprint density at radius 3 is 2.65 bits per heavy atom. The summed E-state index contributed by atoms with van der Waals surface area (Å²) < 4.78 is 0. The van der Waals surface area contributed by atoms with E-state index in [-0.39, 0.29) is 5.91 Å². The van der Waals surface area contributed by atoms with Gasteiger partial charge in [0.25, 0.3) is 5.91 Å². The summed E-state index contributed by atoms with van der Waals surface area (Å²) in [5, 5.41) is 2.49. The van der Waals surface area contributed by atoms with Gasteiger partial charge in [-0.05, 0) is 18.9 Å². The van der Waals surface area contributed by atoms with Crippen molar-refractivity contribution in [2.75, 3.05) is 6.54 Å². The molecule has 20 heavy (non-hydrogen) atoms. The van der Waals surface area contributed by atoms with Gasteiger partial charge >= 0.3 is 0 Å². The fraction of sp³-hybridized carbons (Fsp3) is 0.400. The van der Waals surface area contributed by atoms with Crippen LogP contribution < -0.4 is 5.32 Å². The highest BCUT2D eigenvalue weighted by Crippen LogP contribution is 2.22. The minimum Gasteiger partial charge on any atom is -0.350 e. The van der Waals surface area contributed by atoms with Crippen molar-refractivity contribution in [3.8, 4) is 0 Å². The van der Waals surface area contributed by atoms with Crippen LogP contribution in [0.15, 0.2) is 30.3 Å². The SMILES string of the molecule is CCNC(=O)C(=O)[C@H]1CCC(=O)N1Cc1ccccc1. The highest BCUT2D eigenvalue weighted by atomic mass is 16.2. The van der Waals surface area contributed by atoms with Crippen molar-refractivity contribution in [2.45, 2.75) is 32.4 Å². The minimum atomic E-state index is -0.630.